The molecule has 1 rings (SSSR count). The van der Waals surface area contributed by atoms with Gasteiger partial charge in [-0.2, -0.15) is 0 Å². The van der Waals surface area contributed by atoms with Crippen LogP contribution in [0.1, 0.15) is 6.92 Å². The maximum Gasteiger partial charge on any atom is 0.218 e. The van der Waals surface area contributed by atoms with Crippen molar-refractivity contribution in [1.82, 2.24) is 10.6 Å². The van der Waals surface area contributed by atoms with Crippen molar-refractivity contribution in [2.24, 2.45) is 0 Å². The highest BCUT2D eigenvalue weighted by Crippen LogP contribution is 1.90. The Labute approximate surface area is 59.9 Å². The molecule has 1 heterocycles. The van der Waals surface area contributed by atoms with Gasteiger partial charge in [0, 0.05) is 20.0 Å². The second-order valence-electron chi connectivity index (χ2n) is 2.26. The molecule has 0 radical (unpaired) electrons. The van der Waals surface area contributed by atoms with E-state index in [1.807, 2.05) is 0 Å². The Hall–Kier alpha value is -0.610. The van der Waals surface area contributed by atoms with Gasteiger partial charge in [-0.25, -0.2) is 0 Å². The molecule has 1 unspecified atom stereocenters. The molecular weight excluding hydrogens is 132 g/mol. The van der Waals surface area contributed by atoms with Gasteiger partial charge in [-0.3, -0.25) is 4.79 Å². The van der Waals surface area contributed by atoms with Crippen molar-refractivity contribution in [2.75, 3.05) is 19.7 Å². The molecule has 1 fully saturated rings. The van der Waals surface area contributed by atoms with Crippen LogP contribution in [0.15, 0.2) is 0 Å². The zero-order chi connectivity index (χ0) is 7.40. The first-order chi connectivity index (χ1) is 4.79. The minimum atomic E-state index is -0.133. The van der Waals surface area contributed by atoms with Crippen LogP contribution in [0.3, 0.4) is 0 Å². The maximum absolute atomic E-state index is 10.5. The minimum absolute atomic E-state index is 0.0475. The SMILES string of the molecule is CC(=O)NC1CNCCO1. The third-order valence-corrected chi connectivity index (χ3v) is 1.29. The fourth-order valence-corrected chi connectivity index (χ4v) is 0.885. The van der Waals surface area contributed by atoms with Gasteiger partial charge in [0.05, 0.1) is 6.61 Å². The fourth-order valence-electron chi connectivity index (χ4n) is 0.885. The van der Waals surface area contributed by atoms with Gasteiger partial charge < -0.3 is 15.4 Å². The van der Waals surface area contributed by atoms with Crippen LogP contribution in [0.4, 0.5) is 0 Å². The topological polar surface area (TPSA) is 50.4 Å². The molecule has 1 atom stereocenters. The van der Waals surface area contributed by atoms with Crippen molar-refractivity contribution in [2.45, 2.75) is 13.2 Å². The van der Waals surface area contributed by atoms with Crippen molar-refractivity contribution < 1.29 is 9.53 Å². The van der Waals surface area contributed by atoms with Crippen LogP contribution in [0.2, 0.25) is 0 Å². The normalized spacial score (nSPS) is 25.9. The summed E-state index contributed by atoms with van der Waals surface area (Å²) in [4.78, 5) is 10.5. The lowest BCUT2D eigenvalue weighted by molar-refractivity contribution is -0.124. The Balaban J connectivity index is 2.19. The first kappa shape index (κ1) is 7.50. The highest BCUT2D eigenvalue weighted by Gasteiger charge is 2.12. The van der Waals surface area contributed by atoms with E-state index in [0.29, 0.717) is 13.2 Å². The Morgan fingerprint density at radius 2 is 2.60 bits per heavy atom. The predicted molar refractivity (Wildman–Crippen MR) is 36.4 cm³/mol. The number of rotatable bonds is 1. The van der Waals surface area contributed by atoms with Crippen LogP contribution in [0, 0.1) is 0 Å². The van der Waals surface area contributed by atoms with E-state index in [9.17, 15) is 4.79 Å². The van der Waals surface area contributed by atoms with Gasteiger partial charge >= 0.3 is 0 Å². The highest BCUT2D eigenvalue weighted by atomic mass is 16.5. The van der Waals surface area contributed by atoms with Crippen LogP contribution in [-0.2, 0) is 9.53 Å². The van der Waals surface area contributed by atoms with Crippen LogP contribution in [0.25, 0.3) is 0 Å². The lowest BCUT2D eigenvalue weighted by atomic mass is 10.4. The second kappa shape index (κ2) is 3.53. The molecule has 1 aliphatic rings. The largest absolute Gasteiger partial charge is 0.356 e. The summed E-state index contributed by atoms with van der Waals surface area (Å²) in [5, 5.41) is 5.76. The number of amides is 1. The monoisotopic (exact) mass is 144 g/mol. The van der Waals surface area contributed by atoms with Crippen molar-refractivity contribution >= 4 is 5.91 Å². The Morgan fingerprint density at radius 1 is 1.80 bits per heavy atom. The average Bonchev–Trinajstić information content (AvgIpc) is 1.88. The lowest BCUT2D eigenvalue weighted by Crippen LogP contribution is -2.48. The molecule has 0 aromatic carbocycles. The van der Waals surface area contributed by atoms with Crippen molar-refractivity contribution in [1.29, 1.82) is 0 Å². The number of morpholine rings is 1. The molecule has 1 amide bonds. The molecule has 0 aliphatic carbocycles. The van der Waals surface area contributed by atoms with Gasteiger partial charge in [0.2, 0.25) is 5.91 Å². The molecule has 0 saturated carbocycles. The van der Waals surface area contributed by atoms with Gasteiger partial charge in [0.15, 0.2) is 0 Å². The highest BCUT2D eigenvalue weighted by molar-refractivity contribution is 5.73. The number of carbonyl (C=O) groups is 1. The van der Waals surface area contributed by atoms with E-state index in [1.54, 1.807) is 0 Å². The van der Waals surface area contributed by atoms with Gasteiger partial charge in [0.25, 0.3) is 0 Å². The molecule has 0 aromatic rings. The molecule has 58 valence electrons. The zero-order valence-corrected chi connectivity index (χ0v) is 6.02. The summed E-state index contributed by atoms with van der Waals surface area (Å²) >= 11 is 0. The van der Waals surface area contributed by atoms with Crippen LogP contribution < -0.4 is 10.6 Å². The molecule has 1 saturated heterocycles. The van der Waals surface area contributed by atoms with Gasteiger partial charge in [-0.1, -0.05) is 0 Å². The summed E-state index contributed by atoms with van der Waals surface area (Å²) in [5.41, 5.74) is 0. The molecule has 4 nitrogen and oxygen atoms in total. The van der Waals surface area contributed by atoms with E-state index in [-0.39, 0.29) is 12.1 Å². The Kier molecular flexibility index (Phi) is 2.65. The molecule has 0 spiro atoms. The minimum Gasteiger partial charge on any atom is -0.356 e. The summed E-state index contributed by atoms with van der Waals surface area (Å²) in [5.74, 6) is -0.0475. The molecule has 0 aromatic heterocycles. The summed E-state index contributed by atoms with van der Waals surface area (Å²) < 4.78 is 5.19. The van der Waals surface area contributed by atoms with Crippen molar-refractivity contribution in [3.63, 3.8) is 0 Å². The average molecular weight is 144 g/mol. The second-order valence-corrected chi connectivity index (χ2v) is 2.26. The maximum atomic E-state index is 10.5. The van der Waals surface area contributed by atoms with E-state index in [2.05, 4.69) is 10.6 Å². The smallest absolute Gasteiger partial charge is 0.218 e. The standard InChI is InChI=1S/C6H12N2O2/c1-5(9)8-6-4-7-2-3-10-6/h6-7H,2-4H2,1H3,(H,8,9). The Bertz CT molecular complexity index is 121. The molecule has 2 N–H and O–H groups in total. The van der Waals surface area contributed by atoms with Crippen LogP contribution in [0.5, 0.6) is 0 Å². The first-order valence-corrected chi connectivity index (χ1v) is 3.38. The molecule has 10 heavy (non-hydrogen) atoms. The van der Waals surface area contributed by atoms with Crippen LogP contribution in [-0.4, -0.2) is 31.8 Å². The van der Waals surface area contributed by atoms with Crippen molar-refractivity contribution in [3.8, 4) is 0 Å². The first-order valence-electron chi connectivity index (χ1n) is 3.38. The Morgan fingerprint density at radius 3 is 3.10 bits per heavy atom. The van der Waals surface area contributed by atoms with Crippen LogP contribution >= 0.6 is 0 Å². The van der Waals surface area contributed by atoms with Crippen molar-refractivity contribution in [3.05, 3.63) is 0 Å². The third-order valence-electron chi connectivity index (χ3n) is 1.29. The summed E-state index contributed by atoms with van der Waals surface area (Å²) in [6.07, 6.45) is -0.133. The fraction of sp³-hybridized carbons (Fsp3) is 0.833. The third kappa shape index (κ3) is 2.33. The van der Waals surface area contributed by atoms with Gasteiger partial charge in [-0.15, -0.1) is 0 Å². The summed E-state index contributed by atoms with van der Waals surface area (Å²) in [6.45, 7) is 3.73. The number of hydrogen-bond acceptors (Lipinski definition) is 3. The zero-order valence-electron chi connectivity index (χ0n) is 6.02. The van der Waals surface area contributed by atoms with Gasteiger partial charge in [0.1, 0.15) is 6.23 Å². The number of ether oxygens (including phenoxy) is 1. The van der Waals surface area contributed by atoms with E-state index in [4.69, 9.17) is 4.74 Å². The van der Waals surface area contributed by atoms with Gasteiger partial charge in [-0.05, 0) is 0 Å². The lowest BCUT2D eigenvalue weighted by Gasteiger charge is -2.23. The quantitative estimate of drug-likeness (QED) is 0.500. The van der Waals surface area contributed by atoms with E-state index >= 15 is 0 Å². The van der Waals surface area contributed by atoms with E-state index < -0.39 is 0 Å². The summed E-state index contributed by atoms with van der Waals surface area (Å²) in [7, 11) is 0. The number of hydrogen-bond donors (Lipinski definition) is 2. The van der Waals surface area contributed by atoms with E-state index in [1.165, 1.54) is 6.92 Å². The predicted octanol–water partition coefficient (Wildman–Crippen LogP) is -0.932. The van der Waals surface area contributed by atoms with E-state index in [0.717, 1.165) is 6.54 Å². The molecular formula is C6H12N2O2. The number of nitrogens with one attached hydrogen (secondary N) is 2. The molecule has 1 aliphatic heterocycles. The molecule has 0 bridgehead atoms. The number of carbonyl (C=O) groups excluding carboxylic acids is 1. The molecule has 4 heteroatoms. The summed E-state index contributed by atoms with van der Waals surface area (Å²) in [6, 6.07) is 0.